The Bertz CT molecular complexity index is 2670. The number of anilines is 6. The predicted octanol–water partition coefficient (Wildman–Crippen LogP) is 12.4. The van der Waals surface area contributed by atoms with Gasteiger partial charge < -0.3 is 18.2 Å². The van der Waals surface area contributed by atoms with Crippen LogP contribution in [0.2, 0.25) is 0 Å². The average Bonchev–Trinajstić information content (AvgIpc) is 3.23. The SMILES string of the molecule is O=S(=O)(Oc1cc(OS(=O)(=O)C(F)(F)F)c(N(c2ccc(-c3ccccc3)cc2)c2ccc(-c3ccccc3)cc2)cc1N(c1ccccc1)c1ccccc1)C(F)(F)F. The third-order valence-electron chi connectivity index (χ3n) is 8.98. The molecule has 0 aliphatic carbocycles. The largest absolute Gasteiger partial charge is 0.534 e. The second kappa shape index (κ2) is 16.5. The number of alkyl halides is 6. The fraction of sp³-hybridized carbons (Fsp3) is 0.0455. The number of halogens is 6. The Morgan fingerprint density at radius 3 is 0.917 bits per heavy atom. The summed E-state index contributed by atoms with van der Waals surface area (Å²) in [5.74, 6) is -2.43. The molecule has 60 heavy (non-hydrogen) atoms. The molecule has 7 rings (SSSR count). The van der Waals surface area contributed by atoms with Crippen molar-refractivity contribution < 1.29 is 51.5 Å². The van der Waals surface area contributed by atoms with Crippen LogP contribution >= 0.6 is 0 Å². The predicted molar refractivity (Wildman–Crippen MR) is 218 cm³/mol. The monoisotopic (exact) mass is 860 g/mol. The van der Waals surface area contributed by atoms with Gasteiger partial charge in [-0.15, -0.1) is 0 Å². The third-order valence-corrected chi connectivity index (χ3v) is 10.9. The van der Waals surface area contributed by atoms with E-state index in [0.29, 0.717) is 6.07 Å². The topological polar surface area (TPSA) is 93.2 Å². The zero-order valence-corrected chi connectivity index (χ0v) is 32.4. The first-order valence-corrected chi connectivity index (χ1v) is 20.5. The van der Waals surface area contributed by atoms with Gasteiger partial charge in [0.2, 0.25) is 0 Å². The Kier molecular flexibility index (Phi) is 11.4. The maximum absolute atomic E-state index is 14.1. The molecule has 0 spiro atoms. The van der Waals surface area contributed by atoms with Crippen molar-refractivity contribution in [1.29, 1.82) is 0 Å². The molecule has 0 bridgehead atoms. The van der Waals surface area contributed by atoms with E-state index in [9.17, 15) is 43.2 Å². The average molecular weight is 861 g/mol. The Morgan fingerprint density at radius 1 is 0.350 bits per heavy atom. The van der Waals surface area contributed by atoms with E-state index >= 15 is 0 Å². The van der Waals surface area contributed by atoms with Crippen LogP contribution in [-0.2, 0) is 20.2 Å². The van der Waals surface area contributed by atoms with E-state index in [1.54, 1.807) is 84.9 Å². The summed E-state index contributed by atoms with van der Waals surface area (Å²) in [7, 11) is -13.1. The van der Waals surface area contributed by atoms with Gasteiger partial charge in [-0.1, -0.05) is 121 Å². The van der Waals surface area contributed by atoms with Crippen molar-refractivity contribution in [3.8, 4) is 33.8 Å². The van der Waals surface area contributed by atoms with Gasteiger partial charge in [0, 0.05) is 28.8 Å². The number of benzene rings is 7. The molecule has 0 amide bonds. The molecule has 0 saturated carbocycles. The number of nitrogens with zero attached hydrogens (tertiary/aromatic N) is 2. The molecule has 0 heterocycles. The summed E-state index contributed by atoms with van der Waals surface area (Å²) in [6, 6.07) is 48.7. The van der Waals surface area contributed by atoms with Crippen LogP contribution < -0.4 is 18.2 Å². The minimum Gasteiger partial charge on any atom is -0.374 e. The van der Waals surface area contributed by atoms with Gasteiger partial charge in [-0.2, -0.15) is 43.2 Å². The lowest BCUT2D eigenvalue weighted by Crippen LogP contribution is -2.30. The lowest BCUT2D eigenvalue weighted by Gasteiger charge is -2.32. The smallest absolute Gasteiger partial charge is 0.374 e. The van der Waals surface area contributed by atoms with Crippen LogP contribution in [0.25, 0.3) is 22.3 Å². The van der Waals surface area contributed by atoms with Crippen molar-refractivity contribution >= 4 is 54.4 Å². The van der Waals surface area contributed by atoms with E-state index in [4.69, 9.17) is 4.18 Å². The fourth-order valence-corrected chi connectivity index (χ4v) is 7.16. The van der Waals surface area contributed by atoms with Crippen molar-refractivity contribution in [3.63, 3.8) is 0 Å². The third kappa shape index (κ3) is 8.79. The Hall–Kier alpha value is -6.78. The molecule has 16 heteroatoms. The van der Waals surface area contributed by atoms with Crippen LogP contribution in [-0.4, -0.2) is 27.9 Å². The van der Waals surface area contributed by atoms with Gasteiger partial charge in [0.1, 0.15) is 0 Å². The molecular weight excluding hydrogens is 831 g/mol. The van der Waals surface area contributed by atoms with E-state index in [-0.39, 0.29) is 22.7 Å². The summed E-state index contributed by atoms with van der Waals surface area (Å²) < 4.78 is 144. The van der Waals surface area contributed by atoms with Crippen LogP contribution in [0.4, 0.5) is 60.5 Å². The molecule has 0 fully saturated rings. The number of hydrogen-bond donors (Lipinski definition) is 0. The molecule has 0 saturated heterocycles. The Labute approximate surface area is 341 Å². The molecule has 0 N–H and O–H groups in total. The maximum Gasteiger partial charge on any atom is 0.534 e. The molecule has 8 nitrogen and oxygen atoms in total. The van der Waals surface area contributed by atoms with Crippen LogP contribution in [0, 0.1) is 0 Å². The lowest BCUT2D eigenvalue weighted by molar-refractivity contribution is -0.0502. The summed E-state index contributed by atoms with van der Waals surface area (Å²) in [5, 5.41) is 0. The van der Waals surface area contributed by atoms with Crippen LogP contribution in [0.1, 0.15) is 0 Å². The van der Waals surface area contributed by atoms with Gasteiger partial charge in [-0.25, -0.2) is 0 Å². The van der Waals surface area contributed by atoms with E-state index in [2.05, 4.69) is 4.18 Å². The summed E-state index contributed by atoms with van der Waals surface area (Å²) >= 11 is 0. The van der Waals surface area contributed by atoms with Crippen molar-refractivity contribution in [2.45, 2.75) is 11.0 Å². The highest BCUT2D eigenvalue weighted by atomic mass is 32.2. The minimum atomic E-state index is -6.55. The van der Waals surface area contributed by atoms with Crippen LogP contribution in [0.5, 0.6) is 11.5 Å². The molecule has 0 atom stereocenters. The second-order valence-electron chi connectivity index (χ2n) is 12.9. The molecular formula is C44H30F6N2O6S2. The first kappa shape index (κ1) is 41.4. The molecule has 0 aliphatic rings. The molecule has 0 aromatic heterocycles. The second-order valence-corrected chi connectivity index (χ2v) is 16.0. The first-order chi connectivity index (χ1) is 28.5. The minimum absolute atomic E-state index is 0.227. The highest BCUT2D eigenvalue weighted by molar-refractivity contribution is 7.88. The standard InChI is InChI=1S/C44H30F6N2O6S2/c45-43(46,47)59(53,54)57-41-30-42(58-60(55,56)44(48,49)50)40(29-39(41)51(35-17-9-3-10-18-35)36-19-11-4-12-20-36)52(37-25-21-33(22-26-37)31-13-5-1-6-14-31)38-27-23-34(24-28-38)32-15-7-2-8-16-32/h1-30H. The van der Waals surface area contributed by atoms with E-state index in [1.807, 2.05) is 60.7 Å². The lowest BCUT2D eigenvalue weighted by atomic mass is 10.0. The van der Waals surface area contributed by atoms with Gasteiger partial charge in [0.15, 0.2) is 11.5 Å². The number of rotatable bonds is 12. The van der Waals surface area contributed by atoms with Crippen molar-refractivity contribution in [2.24, 2.45) is 0 Å². The molecule has 0 unspecified atom stereocenters. The zero-order chi connectivity index (χ0) is 42.7. The maximum atomic E-state index is 14.1. The highest BCUT2D eigenvalue weighted by Gasteiger charge is 2.51. The van der Waals surface area contributed by atoms with E-state index < -0.39 is 54.1 Å². The number of para-hydroxylation sites is 2. The van der Waals surface area contributed by atoms with Gasteiger partial charge in [0.05, 0.1) is 11.4 Å². The highest BCUT2D eigenvalue weighted by Crippen LogP contribution is 2.51. The van der Waals surface area contributed by atoms with Gasteiger partial charge in [0.25, 0.3) is 0 Å². The molecule has 0 aliphatic heterocycles. The molecule has 7 aromatic rings. The fourth-order valence-electron chi connectivity index (χ4n) is 6.23. The van der Waals surface area contributed by atoms with Gasteiger partial charge in [-0.05, 0) is 76.9 Å². The van der Waals surface area contributed by atoms with E-state index in [0.717, 1.165) is 28.3 Å². The van der Waals surface area contributed by atoms with Crippen LogP contribution in [0.15, 0.2) is 182 Å². The Morgan fingerprint density at radius 2 is 0.617 bits per heavy atom. The van der Waals surface area contributed by atoms with E-state index in [1.165, 1.54) is 34.1 Å². The summed E-state index contributed by atoms with van der Waals surface area (Å²) in [6.07, 6.45) is 0. The summed E-state index contributed by atoms with van der Waals surface area (Å²) in [5.41, 5.74) is -8.93. The van der Waals surface area contributed by atoms with Crippen molar-refractivity contribution in [3.05, 3.63) is 182 Å². The van der Waals surface area contributed by atoms with Crippen molar-refractivity contribution in [2.75, 3.05) is 9.80 Å². The molecule has 306 valence electrons. The summed E-state index contributed by atoms with van der Waals surface area (Å²) in [6.45, 7) is 0. The van der Waals surface area contributed by atoms with Crippen molar-refractivity contribution in [1.82, 2.24) is 0 Å². The number of hydrogen-bond acceptors (Lipinski definition) is 8. The Balaban J connectivity index is 1.55. The normalized spacial score (nSPS) is 12.1. The summed E-state index contributed by atoms with van der Waals surface area (Å²) in [4.78, 5) is 2.62. The van der Waals surface area contributed by atoms with Gasteiger partial charge in [-0.3, -0.25) is 0 Å². The van der Waals surface area contributed by atoms with Gasteiger partial charge >= 0.3 is 31.3 Å². The zero-order valence-electron chi connectivity index (χ0n) is 30.7. The van der Waals surface area contributed by atoms with Crippen LogP contribution in [0.3, 0.4) is 0 Å². The quantitative estimate of drug-likeness (QED) is 0.0681. The molecule has 7 aromatic carbocycles. The first-order valence-electron chi connectivity index (χ1n) is 17.7. The molecule has 0 radical (unpaired) electrons.